The molecule has 0 heterocycles. The summed E-state index contributed by atoms with van der Waals surface area (Å²) in [4.78, 5) is 2.12. The third kappa shape index (κ3) is 4.23. The van der Waals surface area contributed by atoms with Gasteiger partial charge in [-0.2, -0.15) is 0 Å². The summed E-state index contributed by atoms with van der Waals surface area (Å²) >= 11 is 0. The molecule has 1 aromatic rings. The van der Waals surface area contributed by atoms with Gasteiger partial charge in [0.15, 0.2) is 0 Å². The van der Waals surface area contributed by atoms with Gasteiger partial charge in [-0.25, -0.2) is 4.39 Å². The van der Waals surface area contributed by atoms with Crippen LogP contribution in [0.2, 0.25) is 0 Å². The Balaban J connectivity index is 3.21. The molecule has 3 nitrogen and oxygen atoms in total. The van der Waals surface area contributed by atoms with Gasteiger partial charge in [-0.15, -0.1) is 0 Å². The van der Waals surface area contributed by atoms with E-state index in [-0.39, 0.29) is 11.4 Å². The molecule has 1 aromatic carbocycles. The predicted molar refractivity (Wildman–Crippen MR) is 79.3 cm³/mol. The molecule has 1 rings (SSSR count). The van der Waals surface area contributed by atoms with Gasteiger partial charge in [0.05, 0.1) is 11.3 Å². The molecule has 0 bridgehead atoms. The van der Waals surface area contributed by atoms with Crippen molar-refractivity contribution in [1.29, 1.82) is 5.41 Å². The smallest absolute Gasteiger partial charge is 0.136 e. The topological polar surface area (TPSA) is 53.1 Å². The maximum Gasteiger partial charge on any atom is 0.136 e. The zero-order valence-electron chi connectivity index (χ0n) is 12.2. The van der Waals surface area contributed by atoms with Crippen LogP contribution < -0.4 is 10.6 Å². The Morgan fingerprint density at radius 2 is 1.74 bits per heavy atom. The van der Waals surface area contributed by atoms with Crippen LogP contribution in [0, 0.1) is 23.1 Å². The van der Waals surface area contributed by atoms with Crippen LogP contribution in [0.3, 0.4) is 0 Å². The van der Waals surface area contributed by atoms with Crippen LogP contribution in [0.1, 0.15) is 33.3 Å². The first kappa shape index (κ1) is 15.5. The van der Waals surface area contributed by atoms with E-state index in [2.05, 4.69) is 32.6 Å². The van der Waals surface area contributed by atoms with Crippen molar-refractivity contribution in [2.75, 3.05) is 18.0 Å². The number of nitrogens with one attached hydrogen (secondary N) is 1. The van der Waals surface area contributed by atoms with Crippen molar-refractivity contribution in [2.24, 2.45) is 17.6 Å². The SMILES string of the molecule is CC(C)CN(CC(C)C)c1cccc(F)c1C(=N)N. The number of hydrogen-bond acceptors (Lipinski definition) is 2. The summed E-state index contributed by atoms with van der Waals surface area (Å²) in [6, 6.07) is 4.86. The first-order chi connectivity index (χ1) is 8.82. The Bertz CT molecular complexity index is 431. The molecule has 3 N–H and O–H groups in total. The minimum atomic E-state index is -0.428. The van der Waals surface area contributed by atoms with Crippen molar-refractivity contribution in [3.8, 4) is 0 Å². The summed E-state index contributed by atoms with van der Waals surface area (Å²) in [7, 11) is 0. The molecule has 0 fully saturated rings. The molecule has 0 aromatic heterocycles. The van der Waals surface area contributed by atoms with Crippen LogP contribution in [0.25, 0.3) is 0 Å². The number of nitrogens with zero attached hydrogens (tertiary/aromatic N) is 1. The summed E-state index contributed by atoms with van der Waals surface area (Å²) in [6.45, 7) is 10.1. The molecule has 4 heteroatoms. The fourth-order valence-electron chi connectivity index (χ4n) is 2.20. The van der Waals surface area contributed by atoms with Crippen molar-refractivity contribution in [2.45, 2.75) is 27.7 Å². The second-order valence-corrected chi connectivity index (χ2v) is 5.74. The van der Waals surface area contributed by atoms with E-state index in [1.54, 1.807) is 6.07 Å². The van der Waals surface area contributed by atoms with Gasteiger partial charge < -0.3 is 10.6 Å². The molecule has 0 aliphatic carbocycles. The highest BCUT2D eigenvalue weighted by atomic mass is 19.1. The van der Waals surface area contributed by atoms with Gasteiger partial charge in [-0.05, 0) is 24.0 Å². The molecule has 0 aliphatic rings. The lowest BCUT2D eigenvalue weighted by atomic mass is 10.1. The summed E-state index contributed by atoms with van der Waals surface area (Å²) in [6.07, 6.45) is 0. The number of halogens is 1. The molecule has 0 aliphatic heterocycles. The lowest BCUT2D eigenvalue weighted by Crippen LogP contribution is -2.33. The molecule has 0 amide bonds. The number of benzene rings is 1. The number of nitrogen functional groups attached to an aromatic ring is 1. The third-order valence-corrected chi connectivity index (χ3v) is 2.77. The van der Waals surface area contributed by atoms with E-state index in [4.69, 9.17) is 11.1 Å². The van der Waals surface area contributed by atoms with Crippen LogP contribution in [0.5, 0.6) is 0 Å². The van der Waals surface area contributed by atoms with Crippen molar-refractivity contribution in [3.05, 3.63) is 29.6 Å². The molecule has 0 unspecified atom stereocenters. The van der Waals surface area contributed by atoms with E-state index in [0.717, 1.165) is 18.8 Å². The maximum absolute atomic E-state index is 13.9. The summed E-state index contributed by atoms with van der Waals surface area (Å²) in [5, 5.41) is 7.59. The van der Waals surface area contributed by atoms with E-state index in [1.165, 1.54) is 6.07 Å². The Hall–Kier alpha value is -1.58. The molecular weight excluding hydrogens is 241 g/mol. The zero-order valence-corrected chi connectivity index (χ0v) is 12.2. The van der Waals surface area contributed by atoms with Crippen molar-refractivity contribution in [1.82, 2.24) is 0 Å². The average Bonchev–Trinajstić information content (AvgIpc) is 2.25. The second kappa shape index (κ2) is 6.55. The van der Waals surface area contributed by atoms with Gasteiger partial charge in [0.2, 0.25) is 0 Å². The molecule has 0 saturated carbocycles. The Labute approximate surface area is 115 Å². The number of hydrogen-bond donors (Lipinski definition) is 2. The van der Waals surface area contributed by atoms with Gasteiger partial charge in [-0.3, -0.25) is 5.41 Å². The Morgan fingerprint density at radius 1 is 1.21 bits per heavy atom. The molecule has 106 valence electrons. The van der Waals surface area contributed by atoms with Crippen molar-refractivity contribution in [3.63, 3.8) is 0 Å². The van der Waals surface area contributed by atoms with Crippen LogP contribution in [-0.2, 0) is 0 Å². The third-order valence-electron chi connectivity index (χ3n) is 2.77. The fourth-order valence-corrected chi connectivity index (χ4v) is 2.20. The van der Waals surface area contributed by atoms with E-state index >= 15 is 0 Å². The molecule has 0 saturated heterocycles. The minimum absolute atomic E-state index is 0.212. The van der Waals surface area contributed by atoms with Crippen LogP contribution >= 0.6 is 0 Å². The second-order valence-electron chi connectivity index (χ2n) is 5.74. The standard InChI is InChI=1S/C15H24FN3/c1-10(2)8-19(9-11(3)4)13-7-5-6-12(16)14(13)15(17)18/h5-7,10-11H,8-9H2,1-4H3,(H3,17,18). The van der Waals surface area contributed by atoms with Crippen LogP contribution in [0.4, 0.5) is 10.1 Å². The Morgan fingerprint density at radius 3 is 2.16 bits per heavy atom. The molecule has 0 atom stereocenters. The normalized spacial score (nSPS) is 11.1. The summed E-state index contributed by atoms with van der Waals surface area (Å²) in [5.41, 5.74) is 6.46. The predicted octanol–water partition coefficient (Wildman–Crippen LogP) is 3.23. The summed E-state index contributed by atoms with van der Waals surface area (Å²) < 4.78 is 13.9. The first-order valence-electron chi connectivity index (χ1n) is 6.70. The molecule has 0 radical (unpaired) electrons. The lowest BCUT2D eigenvalue weighted by molar-refractivity contribution is 0.550. The highest BCUT2D eigenvalue weighted by Gasteiger charge is 2.18. The fraction of sp³-hybridized carbons (Fsp3) is 0.533. The molecular formula is C15H24FN3. The van der Waals surface area contributed by atoms with Gasteiger partial charge in [0, 0.05) is 13.1 Å². The largest absolute Gasteiger partial charge is 0.384 e. The van der Waals surface area contributed by atoms with Crippen molar-refractivity contribution < 1.29 is 4.39 Å². The quantitative estimate of drug-likeness (QED) is 0.613. The molecule has 0 spiro atoms. The lowest BCUT2D eigenvalue weighted by Gasteiger charge is -2.30. The van der Waals surface area contributed by atoms with Gasteiger partial charge >= 0.3 is 0 Å². The van der Waals surface area contributed by atoms with Crippen LogP contribution in [-0.4, -0.2) is 18.9 Å². The van der Waals surface area contributed by atoms with Gasteiger partial charge in [0.1, 0.15) is 11.7 Å². The zero-order chi connectivity index (χ0) is 14.6. The van der Waals surface area contributed by atoms with Gasteiger partial charge in [-0.1, -0.05) is 33.8 Å². The van der Waals surface area contributed by atoms with E-state index < -0.39 is 5.82 Å². The average molecular weight is 265 g/mol. The first-order valence-corrected chi connectivity index (χ1v) is 6.70. The summed E-state index contributed by atoms with van der Waals surface area (Å²) in [5.74, 6) is 0.275. The van der Waals surface area contributed by atoms with Crippen LogP contribution in [0.15, 0.2) is 18.2 Å². The van der Waals surface area contributed by atoms with E-state index in [9.17, 15) is 4.39 Å². The number of amidine groups is 1. The molecule has 19 heavy (non-hydrogen) atoms. The van der Waals surface area contributed by atoms with E-state index in [0.29, 0.717) is 11.8 Å². The Kier molecular flexibility index (Phi) is 5.33. The number of nitrogens with two attached hydrogens (primary N) is 1. The van der Waals surface area contributed by atoms with E-state index in [1.807, 2.05) is 6.07 Å². The highest BCUT2D eigenvalue weighted by Crippen LogP contribution is 2.24. The van der Waals surface area contributed by atoms with Crippen molar-refractivity contribution >= 4 is 11.5 Å². The number of anilines is 1. The highest BCUT2D eigenvalue weighted by molar-refractivity contribution is 6.00. The monoisotopic (exact) mass is 265 g/mol. The van der Waals surface area contributed by atoms with Gasteiger partial charge in [0.25, 0.3) is 0 Å². The maximum atomic E-state index is 13.9. The minimum Gasteiger partial charge on any atom is -0.384 e. The number of rotatable bonds is 6.